The zero-order chi connectivity index (χ0) is 18.1. The topological polar surface area (TPSA) is 101 Å². The zero-order valence-electron chi connectivity index (χ0n) is 13.2. The third-order valence-electron chi connectivity index (χ3n) is 4.18. The van der Waals surface area contributed by atoms with Crippen molar-refractivity contribution in [3.63, 3.8) is 0 Å². The van der Waals surface area contributed by atoms with Gasteiger partial charge < -0.3 is 9.84 Å². The molecule has 1 aliphatic heterocycles. The summed E-state index contributed by atoms with van der Waals surface area (Å²) in [5, 5.41) is 9.23. The molecule has 2 atom stereocenters. The van der Waals surface area contributed by atoms with Crippen LogP contribution in [0.5, 0.6) is 0 Å². The number of hydrogen-bond acceptors (Lipinski definition) is 5. The first kappa shape index (κ1) is 18.3. The molecule has 0 aromatic heterocycles. The molecule has 132 valence electrons. The molecule has 24 heavy (non-hydrogen) atoms. The van der Waals surface area contributed by atoms with E-state index in [2.05, 4.69) is 4.74 Å². The molecule has 7 nitrogen and oxygen atoms in total. The summed E-state index contributed by atoms with van der Waals surface area (Å²) >= 11 is 0. The number of sulfonamides is 1. The van der Waals surface area contributed by atoms with Crippen molar-refractivity contribution >= 4 is 22.0 Å². The number of piperidine rings is 1. The molecule has 2 rings (SSSR count). The third kappa shape index (κ3) is 3.27. The van der Waals surface area contributed by atoms with Crippen molar-refractivity contribution in [3.05, 3.63) is 29.6 Å². The molecule has 1 N–H and O–H groups in total. The van der Waals surface area contributed by atoms with Crippen molar-refractivity contribution in [1.29, 1.82) is 0 Å². The number of benzene rings is 1. The molecule has 0 aliphatic carbocycles. The number of carbonyl (C=O) groups is 2. The van der Waals surface area contributed by atoms with E-state index in [1.807, 2.05) is 0 Å². The maximum absolute atomic E-state index is 13.6. The van der Waals surface area contributed by atoms with E-state index in [9.17, 15) is 27.5 Å². The number of methoxy groups -OCH3 is 1. The van der Waals surface area contributed by atoms with Gasteiger partial charge in [-0.15, -0.1) is 0 Å². The van der Waals surface area contributed by atoms with E-state index in [4.69, 9.17) is 0 Å². The van der Waals surface area contributed by atoms with Gasteiger partial charge in [0.1, 0.15) is 5.82 Å². The standard InChI is InChI=1S/C15H18FNO6S/c1-9-11(14(18)19)4-3-7-17(9)24(21,22)13-8-10(16)5-6-12(13)15(20)23-2/h5-6,8-9,11H,3-4,7H2,1-2H3,(H,18,19)/t9-,11-/m0/s1. The van der Waals surface area contributed by atoms with Gasteiger partial charge in [-0.3, -0.25) is 4.79 Å². The number of carbonyl (C=O) groups excluding carboxylic acids is 1. The Balaban J connectivity index is 2.52. The van der Waals surface area contributed by atoms with Gasteiger partial charge in [0.25, 0.3) is 0 Å². The number of carboxylic acid groups (broad SMARTS) is 1. The minimum Gasteiger partial charge on any atom is -0.481 e. The second-order valence-corrected chi connectivity index (χ2v) is 7.43. The lowest BCUT2D eigenvalue weighted by atomic mass is 9.92. The molecule has 0 spiro atoms. The van der Waals surface area contributed by atoms with Crippen LogP contribution in [0.4, 0.5) is 4.39 Å². The molecule has 1 fully saturated rings. The molecule has 0 radical (unpaired) electrons. The van der Waals surface area contributed by atoms with Gasteiger partial charge in [0.05, 0.1) is 23.5 Å². The van der Waals surface area contributed by atoms with Crippen LogP contribution >= 0.6 is 0 Å². The molecule has 0 amide bonds. The fraction of sp³-hybridized carbons (Fsp3) is 0.467. The van der Waals surface area contributed by atoms with Crippen LogP contribution < -0.4 is 0 Å². The Kier molecular flexibility index (Phi) is 5.24. The lowest BCUT2D eigenvalue weighted by Crippen LogP contribution is -2.49. The van der Waals surface area contributed by atoms with E-state index in [0.29, 0.717) is 12.8 Å². The van der Waals surface area contributed by atoms with Crippen molar-refractivity contribution in [3.8, 4) is 0 Å². The Morgan fingerprint density at radius 3 is 2.62 bits per heavy atom. The molecule has 1 aliphatic rings. The number of esters is 1. The van der Waals surface area contributed by atoms with Crippen LogP contribution in [-0.4, -0.2) is 49.5 Å². The predicted octanol–water partition coefficient (Wildman–Crippen LogP) is 1.49. The fourth-order valence-electron chi connectivity index (χ4n) is 2.90. The minimum atomic E-state index is -4.26. The molecule has 0 bridgehead atoms. The second kappa shape index (κ2) is 6.86. The lowest BCUT2D eigenvalue weighted by Gasteiger charge is -2.36. The maximum Gasteiger partial charge on any atom is 0.339 e. The summed E-state index contributed by atoms with van der Waals surface area (Å²) in [6.45, 7) is 1.59. The summed E-state index contributed by atoms with van der Waals surface area (Å²) in [5.74, 6) is -3.67. The van der Waals surface area contributed by atoms with Crippen molar-refractivity contribution in [2.45, 2.75) is 30.7 Å². The van der Waals surface area contributed by atoms with Gasteiger partial charge in [-0.1, -0.05) is 0 Å². The fourth-order valence-corrected chi connectivity index (χ4v) is 4.79. The number of hydrogen-bond donors (Lipinski definition) is 1. The quantitative estimate of drug-likeness (QED) is 0.818. The predicted molar refractivity (Wildman–Crippen MR) is 81.5 cm³/mol. The van der Waals surface area contributed by atoms with E-state index in [1.165, 1.54) is 6.92 Å². The highest BCUT2D eigenvalue weighted by atomic mass is 32.2. The maximum atomic E-state index is 13.6. The monoisotopic (exact) mass is 359 g/mol. The van der Waals surface area contributed by atoms with E-state index >= 15 is 0 Å². The number of halogens is 1. The summed E-state index contributed by atoms with van der Waals surface area (Å²) in [6.07, 6.45) is 0.721. The van der Waals surface area contributed by atoms with Crippen LogP contribution in [0.3, 0.4) is 0 Å². The highest BCUT2D eigenvalue weighted by molar-refractivity contribution is 7.89. The molecule has 1 aromatic rings. The van der Waals surface area contributed by atoms with Gasteiger partial charge in [-0.2, -0.15) is 4.31 Å². The van der Waals surface area contributed by atoms with E-state index in [1.54, 1.807) is 0 Å². The van der Waals surface area contributed by atoms with Crippen molar-refractivity contribution in [2.24, 2.45) is 5.92 Å². The van der Waals surface area contributed by atoms with Crippen LogP contribution in [0.2, 0.25) is 0 Å². The van der Waals surface area contributed by atoms with Gasteiger partial charge in [0.2, 0.25) is 10.0 Å². The van der Waals surface area contributed by atoms with Crippen molar-refractivity contribution < 1.29 is 32.2 Å². The number of ether oxygens (including phenoxy) is 1. The van der Waals surface area contributed by atoms with Gasteiger partial charge in [-0.25, -0.2) is 17.6 Å². The van der Waals surface area contributed by atoms with E-state index in [0.717, 1.165) is 29.6 Å². The first-order chi connectivity index (χ1) is 11.2. The Bertz CT molecular complexity index is 763. The van der Waals surface area contributed by atoms with Crippen LogP contribution in [-0.2, 0) is 19.6 Å². The molecular formula is C15H18FNO6S. The third-order valence-corrected chi connectivity index (χ3v) is 6.21. The molecule has 0 saturated carbocycles. The Hall–Kier alpha value is -2.00. The normalized spacial score (nSPS) is 22.1. The van der Waals surface area contributed by atoms with Gasteiger partial charge in [0, 0.05) is 12.6 Å². The number of aliphatic carboxylic acids is 1. The van der Waals surface area contributed by atoms with Gasteiger partial charge in [-0.05, 0) is 38.0 Å². The summed E-state index contributed by atoms with van der Waals surface area (Å²) in [4.78, 5) is 22.6. The summed E-state index contributed by atoms with van der Waals surface area (Å²) in [5.41, 5.74) is -0.288. The van der Waals surface area contributed by atoms with Crippen molar-refractivity contribution in [1.82, 2.24) is 4.31 Å². The smallest absolute Gasteiger partial charge is 0.339 e. The zero-order valence-corrected chi connectivity index (χ0v) is 14.0. The van der Waals surface area contributed by atoms with E-state index < -0.39 is 44.6 Å². The molecular weight excluding hydrogens is 341 g/mol. The number of carboxylic acids is 1. The molecule has 0 unspecified atom stereocenters. The summed E-state index contributed by atoms with van der Waals surface area (Å²) < 4.78 is 45.0. The van der Waals surface area contributed by atoms with Gasteiger partial charge in [0.15, 0.2) is 0 Å². The van der Waals surface area contributed by atoms with Crippen LogP contribution in [0.1, 0.15) is 30.1 Å². The molecule has 1 saturated heterocycles. The Morgan fingerprint density at radius 1 is 1.38 bits per heavy atom. The van der Waals surface area contributed by atoms with Crippen molar-refractivity contribution in [2.75, 3.05) is 13.7 Å². The van der Waals surface area contributed by atoms with Crippen LogP contribution in [0.15, 0.2) is 23.1 Å². The van der Waals surface area contributed by atoms with E-state index in [-0.39, 0.29) is 12.1 Å². The minimum absolute atomic E-state index is 0.102. The average molecular weight is 359 g/mol. The Labute approximate surface area is 139 Å². The Morgan fingerprint density at radius 2 is 2.04 bits per heavy atom. The second-order valence-electron chi connectivity index (χ2n) is 5.58. The van der Waals surface area contributed by atoms with Gasteiger partial charge >= 0.3 is 11.9 Å². The first-order valence-electron chi connectivity index (χ1n) is 7.32. The number of rotatable bonds is 4. The summed E-state index contributed by atoms with van der Waals surface area (Å²) in [6, 6.07) is 1.94. The highest BCUT2D eigenvalue weighted by Gasteiger charge is 2.41. The molecule has 1 aromatic carbocycles. The SMILES string of the molecule is COC(=O)c1ccc(F)cc1S(=O)(=O)N1CCC[C@H](C(=O)O)[C@@H]1C. The van der Waals surface area contributed by atoms with Crippen LogP contribution in [0, 0.1) is 11.7 Å². The molecule has 9 heteroatoms. The molecule has 1 heterocycles. The first-order valence-corrected chi connectivity index (χ1v) is 8.76. The average Bonchev–Trinajstić information content (AvgIpc) is 2.53. The summed E-state index contributed by atoms with van der Waals surface area (Å²) in [7, 11) is -3.17. The lowest BCUT2D eigenvalue weighted by molar-refractivity contribution is -0.144. The largest absolute Gasteiger partial charge is 0.481 e. The highest BCUT2D eigenvalue weighted by Crippen LogP contribution is 2.31. The van der Waals surface area contributed by atoms with Crippen LogP contribution in [0.25, 0.3) is 0 Å². The number of nitrogens with zero attached hydrogens (tertiary/aromatic N) is 1.